The fraction of sp³-hybridized carbons (Fsp3) is 0.929. The van der Waals surface area contributed by atoms with Gasteiger partial charge in [0.2, 0.25) is 0 Å². The molecule has 1 unspecified atom stereocenters. The second kappa shape index (κ2) is 7.22. The average Bonchev–Trinajstić information content (AvgIpc) is 3.16. The van der Waals surface area contributed by atoms with Crippen LogP contribution in [0.3, 0.4) is 0 Å². The van der Waals surface area contributed by atoms with Gasteiger partial charge in [0.15, 0.2) is 0 Å². The van der Waals surface area contributed by atoms with Gasteiger partial charge in [0.05, 0.1) is 6.61 Å². The number of nitrogens with one attached hydrogen (secondary N) is 1. The first kappa shape index (κ1) is 16.4. The molecule has 1 fully saturated rings. The monoisotopic (exact) mass is 272 g/mol. The van der Waals surface area contributed by atoms with E-state index in [0.29, 0.717) is 13.2 Å². The molecule has 0 aromatic heterocycles. The number of hydrogen-bond acceptors (Lipinski definition) is 4. The molecule has 0 amide bonds. The normalized spacial score (nSPS) is 18.8. The lowest BCUT2D eigenvalue weighted by Crippen LogP contribution is -2.62. The molecular formula is C14H28N2O3. The summed E-state index contributed by atoms with van der Waals surface area (Å²) in [5.41, 5.74) is -0.808. The standard InChI is InChI=1S/C14H28N2O3/c1-5-16(8-9-19-4)10-14(13(17)18,12-6-7-12)15-11(2)3/h11-12,15H,5-10H2,1-4H3,(H,17,18). The van der Waals surface area contributed by atoms with Crippen LogP contribution >= 0.6 is 0 Å². The van der Waals surface area contributed by atoms with Crippen molar-refractivity contribution in [2.75, 3.05) is 33.4 Å². The highest BCUT2D eigenvalue weighted by molar-refractivity contribution is 5.80. The summed E-state index contributed by atoms with van der Waals surface area (Å²) in [5, 5.41) is 13.0. The van der Waals surface area contributed by atoms with Gasteiger partial charge in [0.25, 0.3) is 0 Å². The lowest BCUT2D eigenvalue weighted by Gasteiger charge is -2.37. The number of rotatable bonds is 10. The number of likely N-dealkylation sites (N-methyl/N-ethyl adjacent to an activating group) is 1. The highest BCUT2D eigenvalue weighted by Crippen LogP contribution is 2.40. The van der Waals surface area contributed by atoms with E-state index in [0.717, 1.165) is 25.9 Å². The van der Waals surface area contributed by atoms with Gasteiger partial charge in [-0.1, -0.05) is 6.92 Å². The fourth-order valence-corrected chi connectivity index (χ4v) is 2.61. The van der Waals surface area contributed by atoms with Crippen molar-refractivity contribution in [2.24, 2.45) is 5.92 Å². The lowest BCUT2D eigenvalue weighted by molar-refractivity contribution is -0.147. The fourth-order valence-electron chi connectivity index (χ4n) is 2.61. The number of carboxylic acids is 1. The van der Waals surface area contributed by atoms with Gasteiger partial charge in [-0.2, -0.15) is 0 Å². The predicted molar refractivity (Wildman–Crippen MR) is 75.4 cm³/mol. The molecule has 0 aromatic carbocycles. The Morgan fingerprint density at radius 3 is 2.53 bits per heavy atom. The van der Waals surface area contributed by atoms with E-state index in [1.807, 2.05) is 13.8 Å². The number of ether oxygens (including phenoxy) is 1. The minimum atomic E-state index is -0.808. The summed E-state index contributed by atoms with van der Waals surface area (Å²) in [7, 11) is 1.67. The van der Waals surface area contributed by atoms with Gasteiger partial charge in [-0.05, 0) is 39.2 Å². The summed E-state index contributed by atoms with van der Waals surface area (Å²) in [6.45, 7) is 8.86. The molecule has 0 radical (unpaired) electrons. The van der Waals surface area contributed by atoms with Crippen molar-refractivity contribution in [1.82, 2.24) is 10.2 Å². The zero-order valence-corrected chi connectivity index (χ0v) is 12.6. The molecule has 112 valence electrons. The Morgan fingerprint density at radius 1 is 1.53 bits per heavy atom. The minimum Gasteiger partial charge on any atom is -0.480 e. The van der Waals surface area contributed by atoms with Crippen LogP contribution in [-0.2, 0) is 9.53 Å². The molecule has 5 nitrogen and oxygen atoms in total. The SMILES string of the molecule is CCN(CCOC)CC(NC(C)C)(C(=O)O)C1CC1. The van der Waals surface area contributed by atoms with E-state index in [1.54, 1.807) is 7.11 Å². The maximum atomic E-state index is 11.8. The number of hydrogen-bond donors (Lipinski definition) is 2. The van der Waals surface area contributed by atoms with E-state index >= 15 is 0 Å². The van der Waals surface area contributed by atoms with Crippen molar-refractivity contribution < 1.29 is 14.6 Å². The van der Waals surface area contributed by atoms with Gasteiger partial charge in [-0.25, -0.2) is 0 Å². The predicted octanol–water partition coefficient (Wildman–Crippen LogP) is 1.19. The van der Waals surface area contributed by atoms with Gasteiger partial charge in [-0.3, -0.25) is 15.0 Å². The van der Waals surface area contributed by atoms with E-state index in [2.05, 4.69) is 17.1 Å². The molecule has 0 aromatic rings. The molecule has 1 rings (SSSR count). The summed E-state index contributed by atoms with van der Waals surface area (Å²) in [6.07, 6.45) is 2.02. The number of aliphatic carboxylic acids is 1. The second-order valence-electron chi connectivity index (χ2n) is 5.71. The molecular weight excluding hydrogens is 244 g/mol. The van der Waals surface area contributed by atoms with Crippen LogP contribution in [0.25, 0.3) is 0 Å². The Morgan fingerprint density at radius 2 is 2.16 bits per heavy atom. The second-order valence-corrected chi connectivity index (χ2v) is 5.71. The van der Waals surface area contributed by atoms with Crippen LogP contribution < -0.4 is 5.32 Å². The Kier molecular flexibility index (Phi) is 6.23. The molecule has 19 heavy (non-hydrogen) atoms. The quantitative estimate of drug-likeness (QED) is 0.625. The Hall–Kier alpha value is -0.650. The third-order valence-electron chi connectivity index (χ3n) is 3.73. The molecule has 1 aliphatic rings. The number of nitrogens with zero attached hydrogens (tertiary/aromatic N) is 1. The molecule has 1 saturated carbocycles. The molecule has 0 saturated heterocycles. The summed E-state index contributed by atoms with van der Waals surface area (Å²) in [5.74, 6) is -0.469. The van der Waals surface area contributed by atoms with E-state index in [4.69, 9.17) is 4.74 Å². The molecule has 2 N–H and O–H groups in total. The maximum Gasteiger partial charge on any atom is 0.325 e. The zero-order chi connectivity index (χ0) is 14.5. The molecule has 0 bridgehead atoms. The third kappa shape index (κ3) is 4.44. The lowest BCUT2D eigenvalue weighted by atomic mass is 9.91. The van der Waals surface area contributed by atoms with E-state index in [9.17, 15) is 9.90 Å². The topological polar surface area (TPSA) is 61.8 Å². The summed E-state index contributed by atoms with van der Waals surface area (Å²) in [4.78, 5) is 14.0. The molecule has 5 heteroatoms. The van der Waals surface area contributed by atoms with Gasteiger partial charge < -0.3 is 9.84 Å². The van der Waals surface area contributed by atoms with Crippen molar-refractivity contribution in [1.29, 1.82) is 0 Å². The minimum absolute atomic E-state index is 0.165. The first-order chi connectivity index (χ1) is 8.96. The summed E-state index contributed by atoms with van der Waals surface area (Å²) in [6, 6.07) is 0.165. The van der Waals surface area contributed by atoms with Gasteiger partial charge in [0.1, 0.15) is 5.54 Å². The maximum absolute atomic E-state index is 11.8. The Labute approximate surface area is 116 Å². The van der Waals surface area contributed by atoms with Crippen molar-refractivity contribution in [3.8, 4) is 0 Å². The highest BCUT2D eigenvalue weighted by atomic mass is 16.5. The molecule has 0 aliphatic heterocycles. The van der Waals surface area contributed by atoms with Gasteiger partial charge >= 0.3 is 5.97 Å². The first-order valence-electron chi connectivity index (χ1n) is 7.18. The molecule has 1 atom stereocenters. The van der Waals surface area contributed by atoms with Crippen LogP contribution in [0.5, 0.6) is 0 Å². The summed E-state index contributed by atoms with van der Waals surface area (Å²) < 4.78 is 5.10. The summed E-state index contributed by atoms with van der Waals surface area (Å²) >= 11 is 0. The van der Waals surface area contributed by atoms with E-state index in [-0.39, 0.29) is 12.0 Å². The van der Waals surface area contributed by atoms with Gasteiger partial charge in [-0.15, -0.1) is 0 Å². The van der Waals surface area contributed by atoms with Crippen molar-refractivity contribution in [3.05, 3.63) is 0 Å². The highest BCUT2D eigenvalue weighted by Gasteiger charge is 2.52. The Balaban J connectivity index is 2.79. The molecule has 1 aliphatic carbocycles. The van der Waals surface area contributed by atoms with E-state index < -0.39 is 11.5 Å². The van der Waals surface area contributed by atoms with Crippen LogP contribution in [0.1, 0.15) is 33.6 Å². The van der Waals surface area contributed by atoms with Crippen LogP contribution in [0.15, 0.2) is 0 Å². The first-order valence-corrected chi connectivity index (χ1v) is 7.18. The molecule has 0 spiro atoms. The largest absolute Gasteiger partial charge is 0.480 e. The molecule has 0 heterocycles. The smallest absolute Gasteiger partial charge is 0.325 e. The van der Waals surface area contributed by atoms with Crippen LogP contribution in [-0.4, -0.2) is 60.9 Å². The average molecular weight is 272 g/mol. The van der Waals surface area contributed by atoms with Crippen LogP contribution in [0, 0.1) is 5.92 Å². The van der Waals surface area contributed by atoms with Gasteiger partial charge in [0, 0.05) is 26.2 Å². The number of carboxylic acid groups (broad SMARTS) is 1. The van der Waals surface area contributed by atoms with Crippen molar-refractivity contribution >= 4 is 5.97 Å². The van der Waals surface area contributed by atoms with Crippen LogP contribution in [0.2, 0.25) is 0 Å². The zero-order valence-electron chi connectivity index (χ0n) is 12.6. The van der Waals surface area contributed by atoms with Crippen molar-refractivity contribution in [3.63, 3.8) is 0 Å². The van der Waals surface area contributed by atoms with E-state index in [1.165, 1.54) is 0 Å². The number of carbonyl (C=O) groups is 1. The number of methoxy groups -OCH3 is 1. The third-order valence-corrected chi connectivity index (χ3v) is 3.73. The Bertz CT molecular complexity index is 292. The van der Waals surface area contributed by atoms with Crippen LogP contribution in [0.4, 0.5) is 0 Å². The van der Waals surface area contributed by atoms with Crippen molar-refractivity contribution in [2.45, 2.75) is 45.2 Å².